The van der Waals surface area contributed by atoms with Crippen molar-refractivity contribution >= 4 is 11.6 Å². The molecule has 1 amide bonds. The normalized spacial score (nSPS) is 17.3. The molecule has 2 aliphatic heterocycles. The fourth-order valence-electron chi connectivity index (χ4n) is 3.71. The first-order valence-corrected chi connectivity index (χ1v) is 9.62. The molecular weight excluding hydrogens is 364 g/mol. The second-order valence-corrected chi connectivity index (χ2v) is 7.26. The molecule has 5 nitrogen and oxygen atoms in total. The predicted octanol–water partition coefficient (Wildman–Crippen LogP) is 4.72. The Hall–Kier alpha value is -3.60. The van der Waals surface area contributed by atoms with Gasteiger partial charge in [-0.1, -0.05) is 54.1 Å². The zero-order chi connectivity index (χ0) is 19.8. The minimum Gasteiger partial charge on any atom is -0.454 e. The molecule has 144 valence electrons. The summed E-state index contributed by atoms with van der Waals surface area (Å²) in [6, 6.07) is 23.2. The summed E-state index contributed by atoms with van der Waals surface area (Å²) in [6.45, 7) is 2.23. The highest BCUT2D eigenvalue weighted by molar-refractivity contribution is 6.05. The number of hydrogen-bond acceptors (Lipinski definition) is 4. The first kappa shape index (κ1) is 17.5. The molecule has 0 N–H and O–H groups in total. The van der Waals surface area contributed by atoms with Crippen LogP contribution < -0.4 is 9.47 Å². The van der Waals surface area contributed by atoms with Crippen molar-refractivity contribution in [3.05, 3.63) is 95.1 Å². The predicted molar refractivity (Wildman–Crippen MR) is 110 cm³/mol. The Bertz CT molecular complexity index is 1090. The molecule has 1 unspecified atom stereocenters. The molecule has 2 heterocycles. The number of hydrazone groups is 1. The van der Waals surface area contributed by atoms with Crippen molar-refractivity contribution in [3.63, 3.8) is 0 Å². The molecule has 0 fully saturated rings. The van der Waals surface area contributed by atoms with Gasteiger partial charge in [0.25, 0.3) is 5.91 Å². The molecule has 5 heteroatoms. The van der Waals surface area contributed by atoms with Crippen LogP contribution in [0.1, 0.15) is 39.5 Å². The first-order valence-electron chi connectivity index (χ1n) is 9.62. The lowest BCUT2D eigenvalue weighted by atomic mass is 9.97. The van der Waals surface area contributed by atoms with E-state index < -0.39 is 0 Å². The van der Waals surface area contributed by atoms with E-state index in [0.29, 0.717) is 17.7 Å². The lowest BCUT2D eigenvalue weighted by molar-refractivity contribution is 0.0711. The Morgan fingerprint density at radius 2 is 1.72 bits per heavy atom. The van der Waals surface area contributed by atoms with Crippen molar-refractivity contribution < 1.29 is 14.3 Å². The van der Waals surface area contributed by atoms with E-state index in [1.165, 1.54) is 0 Å². The van der Waals surface area contributed by atoms with Gasteiger partial charge in [0.05, 0.1) is 11.8 Å². The molecule has 0 aromatic heterocycles. The number of ether oxygens (including phenoxy) is 2. The smallest absolute Gasteiger partial charge is 0.274 e. The molecule has 3 aromatic carbocycles. The Balaban J connectivity index is 1.53. The maximum absolute atomic E-state index is 13.3. The average Bonchev–Trinajstić information content (AvgIpc) is 3.41. The molecular formula is C24H20N2O3. The molecule has 0 saturated heterocycles. The van der Waals surface area contributed by atoms with Crippen LogP contribution in [0, 0.1) is 6.92 Å². The highest BCUT2D eigenvalue weighted by Gasteiger charge is 2.34. The van der Waals surface area contributed by atoms with Crippen LogP contribution in [-0.4, -0.2) is 23.4 Å². The van der Waals surface area contributed by atoms with Crippen LogP contribution in [0.4, 0.5) is 0 Å². The van der Waals surface area contributed by atoms with Gasteiger partial charge >= 0.3 is 0 Å². The number of aryl methyl sites for hydroxylation is 1. The first-order chi connectivity index (χ1) is 14.2. The quantitative estimate of drug-likeness (QED) is 0.657. The average molecular weight is 384 g/mol. The van der Waals surface area contributed by atoms with Gasteiger partial charge in [0.1, 0.15) is 0 Å². The number of amides is 1. The van der Waals surface area contributed by atoms with Crippen molar-refractivity contribution in [2.45, 2.75) is 19.4 Å². The highest BCUT2D eigenvalue weighted by atomic mass is 16.7. The third kappa shape index (κ3) is 3.25. The van der Waals surface area contributed by atoms with E-state index >= 15 is 0 Å². The Morgan fingerprint density at radius 1 is 0.966 bits per heavy atom. The maximum Gasteiger partial charge on any atom is 0.274 e. The van der Waals surface area contributed by atoms with Gasteiger partial charge < -0.3 is 9.47 Å². The van der Waals surface area contributed by atoms with E-state index in [2.05, 4.69) is 0 Å². The summed E-state index contributed by atoms with van der Waals surface area (Å²) in [5, 5.41) is 6.34. The fourth-order valence-corrected chi connectivity index (χ4v) is 3.71. The van der Waals surface area contributed by atoms with Crippen LogP contribution in [0.5, 0.6) is 11.5 Å². The Morgan fingerprint density at radius 3 is 2.52 bits per heavy atom. The van der Waals surface area contributed by atoms with Gasteiger partial charge in [-0.25, -0.2) is 5.01 Å². The van der Waals surface area contributed by atoms with E-state index in [-0.39, 0.29) is 18.7 Å². The third-order valence-electron chi connectivity index (χ3n) is 5.31. The third-order valence-corrected chi connectivity index (χ3v) is 5.31. The van der Waals surface area contributed by atoms with E-state index in [1.54, 1.807) is 5.01 Å². The van der Waals surface area contributed by atoms with Gasteiger partial charge in [0.2, 0.25) is 6.79 Å². The summed E-state index contributed by atoms with van der Waals surface area (Å²) < 4.78 is 11.0. The topological polar surface area (TPSA) is 51.1 Å². The molecule has 3 aromatic rings. The van der Waals surface area contributed by atoms with Gasteiger partial charge in [-0.05, 0) is 42.3 Å². The van der Waals surface area contributed by atoms with E-state index in [1.807, 2.05) is 79.7 Å². The zero-order valence-corrected chi connectivity index (χ0v) is 16.0. The van der Waals surface area contributed by atoms with Crippen LogP contribution in [0.25, 0.3) is 0 Å². The summed E-state index contributed by atoms with van der Waals surface area (Å²) in [6.07, 6.45) is 0.640. The molecule has 0 radical (unpaired) electrons. The SMILES string of the molecule is Cc1ccc(C(=O)N2N=C(c3ccccc3)CC2c2ccc3c(c2)OCO3)cc1. The van der Waals surface area contributed by atoms with Gasteiger partial charge in [0.15, 0.2) is 11.5 Å². The summed E-state index contributed by atoms with van der Waals surface area (Å²) >= 11 is 0. The Kier molecular flexibility index (Phi) is 4.28. The summed E-state index contributed by atoms with van der Waals surface area (Å²) in [7, 11) is 0. The molecule has 0 saturated carbocycles. The second-order valence-electron chi connectivity index (χ2n) is 7.26. The van der Waals surface area contributed by atoms with Crippen LogP contribution >= 0.6 is 0 Å². The molecule has 1 atom stereocenters. The number of fused-ring (bicyclic) bond motifs is 1. The van der Waals surface area contributed by atoms with Gasteiger partial charge in [-0.2, -0.15) is 5.10 Å². The molecule has 0 bridgehead atoms. The number of rotatable bonds is 3. The van der Waals surface area contributed by atoms with Crippen LogP contribution in [0.2, 0.25) is 0 Å². The monoisotopic (exact) mass is 384 g/mol. The number of benzene rings is 3. The lowest BCUT2D eigenvalue weighted by Crippen LogP contribution is -2.27. The minimum absolute atomic E-state index is 0.112. The zero-order valence-electron chi connectivity index (χ0n) is 16.0. The molecule has 0 aliphatic carbocycles. The fraction of sp³-hybridized carbons (Fsp3) is 0.167. The number of carbonyl (C=O) groups is 1. The van der Waals surface area contributed by atoms with Crippen LogP contribution in [0.15, 0.2) is 77.9 Å². The largest absolute Gasteiger partial charge is 0.454 e. The molecule has 5 rings (SSSR count). The van der Waals surface area contributed by atoms with Crippen molar-refractivity contribution in [2.75, 3.05) is 6.79 Å². The van der Waals surface area contributed by atoms with Crippen molar-refractivity contribution in [1.29, 1.82) is 0 Å². The van der Waals surface area contributed by atoms with Crippen LogP contribution in [-0.2, 0) is 0 Å². The van der Waals surface area contributed by atoms with Gasteiger partial charge in [-0.15, -0.1) is 0 Å². The van der Waals surface area contributed by atoms with E-state index in [9.17, 15) is 4.79 Å². The maximum atomic E-state index is 13.3. The van der Waals surface area contributed by atoms with Crippen molar-refractivity contribution in [3.8, 4) is 11.5 Å². The summed E-state index contributed by atoms with van der Waals surface area (Å²) in [5.74, 6) is 1.32. The highest BCUT2D eigenvalue weighted by Crippen LogP contribution is 2.39. The van der Waals surface area contributed by atoms with Crippen molar-refractivity contribution in [2.24, 2.45) is 5.10 Å². The number of hydrogen-bond donors (Lipinski definition) is 0. The number of nitrogens with zero attached hydrogens (tertiary/aromatic N) is 2. The summed E-state index contributed by atoms with van der Waals surface area (Å²) in [4.78, 5) is 13.3. The van der Waals surface area contributed by atoms with Gasteiger partial charge in [-0.3, -0.25) is 4.79 Å². The van der Waals surface area contributed by atoms with Crippen LogP contribution in [0.3, 0.4) is 0 Å². The van der Waals surface area contributed by atoms with E-state index in [0.717, 1.165) is 28.2 Å². The lowest BCUT2D eigenvalue weighted by Gasteiger charge is -2.22. The standard InChI is InChI=1S/C24H20N2O3/c1-16-7-9-18(10-8-16)24(27)26-21(14-20(25-26)17-5-3-2-4-6-17)19-11-12-22-23(13-19)29-15-28-22/h2-13,21H,14-15H2,1H3. The van der Waals surface area contributed by atoms with E-state index in [4.69, 9.17) is 14.6 Å². The second kappa shape index (κ2) is 7.09. The molecule has 0 spiro atoms. The Labute approximate surface area is 169 Å². The van der Waals surface area contributed by atoms with Crippen molar-refractivity contribution in [1.82, 2.24) is 5.01 Å². The minimum atomic E-state index is -0.200. The molecule has 29 heavy (non-hydrogen) atoms. The summed E-state index contributed by atoms with van der Waals surface area (Å²) in [5.41, 5.74) is 4.64. The van der Waals surface area contributed by atoms with Gasteiger partial charge in [0, 0.05) is 12.0 Å². The molecule has 2 aliphatic rings. The number of carbonyl (C=O) groups excluding carboxylic acids is 1.